The highest BCUT2D eigenvalue weighted by Crippen LogP contribution is 2.26. The molecule has 2 heterocycles. The van der Waals surface area contributed by atoms with Gasteiger partial charge in [-0.3, -0.25) is 4.90 Å². The molecule has 0 saturated carbocycles. The van der Waals surface area contributed by atoms with Crippen LogP contribution in [0.3, 0.4) is 0 Å². The van der Waals surface area contributed by atoms with Crippen LogP contribution in [0.4, 0.5) is 5.82 Å². The van der Waals surface area contributed by atoms with Crippen LogP contribution < -0.4 is 10.6 Å². The number of piperazine rings is 1. The lowest BCUT2D eigenvalue weighted by Crippen LogP contribution is -2.51. The van der Waals surface area contributed by atoms with Crippen LogP contribution in [0, 0.1) is 0 Å². The van der Waals surface area contributed by atoms with E-state index in [-0.39, 0.29) is 0 Å². The first-order chi connectivity index (χ1) is 8.65. The molecule has 5 heteroatoms. The van der Waals surface area contributed by atoms with Crippen molar-refractivity contribution in [3.63, 3.8) is 0 Å². The summed E-state index contributed by atoms with van der Waals surface area (Å²) in [4.78, 5) is 9.14. The molecule has 1 aliphatic heterocycles. The van der Waals surface area contributed by atoms with E-state index in [0.29, 0.717) is 17.6 Å². The Labute approximate surface area is 114 Å². The first kappa shape index (κ1) is 13.6. The largest absolute Gasteiger partial charge is 0.353 e. The number of hydrogen-bond acceptors (Lipinski definition) is 4. The molecule has 0 spiro atoms. The quantitative estimate of drug-likeness (QED) is 0.907. The van der Waals surface area contributed by atoms with Crippen molar-refractivity contribution in [2.24, 2.45) is 5.73 Å². The van der Waals surface area contributed by atoms with Crippen LogP contribution in [-0.4, -0.2) is 42.6 Å². The highest BCUT2D eigenvalue weighted by Gasteiger charge is 2.24. The number of halogens is 1. The Morgan fingerprint density at radius 3 is 2.89 bits per heavy atom. The molecule has 0 bridgehead atoms. The second-order valence-corrected chi connectivity index (χ2v) is 5.25. The van der Waals surface area contributed by atoms with Crippen LogP contribution in [0.25, 0.3) is 0 Å². The fourth-order valence-electron chi connectivity index (χ4n) is 2.39. The monoisotopic (exact) mass is 268 g/mol. The Morgan fingerprint density at radius 2 is 2.28 bits per heavy atom. The number of likely N-dealkylation sites (N-methyl/N-ethyl adjacent to an activating group) is 1. The van der Waals surface area contributed by atoms with E-state index in [1.165, 1.54) is 0 Å². The van der Waals surface area contributed by atoms with Gasteiger partial charge in [0.25, 0.3) is 0 Å². The first-order valence-corrected chi connectivity index (χ1v) is 6.83. The standard InChI is InChI=1S/C13H21ClN4/c1-3-11-9-18(5-4-17(11)2)13-12(14)6-10(7-15)8-16-13/h6,8,11H,3-5,7,9,15H2,1-2H3. The molecule has 1 aromatic heterocycles. The average Bonchev–Trinajstić information content (AvgIpc) is 2.39. The number of rotatable bonds is 3. The predicted molar refractivity (Wildman–Crippen MR) is 76.1 cm³/mol. The van der Waals surface area contributed by atoms with Crippen LogP contribution in [0.2, 0.25) is 5.02 Å². The van der Waals surface area contributed by atoms with Gasteiger partial charge in [0.15, 0.2) is 0 Å². The predicted octanol–water partition coefficient (Wildman–Crippen LogP) is 1.72. The van der Waals surface area contributed by atoms with Gasteiger partial charge in [0.2, 0.25) is 0 Å². The molecule has 1 unspecified atom stereocenters. The van der Waals surface area contributed by atoms with E-state index in [2.05, 4.69) is 28.8 Å². The van der Waals surface area contributed by atoms with Gasteiger partial charge >= 0.3 is 0 Å². The highest BCUT2D eigenvalue weighted by atomic mass is 35.5. The van der Waals surface area contributed by atoms with Crippen molar-refractivity contribution >= 4 is 17.4 Å². The number of nitrogens with two attached hydrogens (primary N) is 1. The average molecular weight is 269 g/mol. The first-order valence-electron chi connectivity index (χ1n) is 6.45. The number of pyridine rings is 1. The van der Waals surface area contributed by atoms with E-state index in [4.69, 9.17) is 17.3 Å². The SMILES string of the molecule is CCC1CN(c2ncc(CN)cc2Cl)CCN1C. The second kappa shape index (κ2) is 5.87. The number of aromatic nitrogens is 1. The second-order valence-electron chi connectivity index (χ2n) is 4.84. The fourth-order valence-corrected chi connectivity index (χ4v) is 2.70. The molecule has 0 aromatic carbocycles. The highest BCUT2D eigenvalue weighted by molar-refractivity contribution is 6.33. The lowest BCUT2D eigenvalue weighted by Gasteiger charge is -2.40. The lowest BCUT2D eigenvalue weighted by molar-refractivity contribution is 0.213. The van der Waals surface area contributed by atoms with Gasteiger partial charge in [0.05, 0.1) is 5.02 Å². The third-order valence-electron chi connectivity index (χ3n) is 3.66. The van der Waals surface area contributed by atoms with Crippen molar-refractivity contribution < 1.29 is 0 Å². The molecule has 18 heavy (non-hydrogen) atoms. The Balaban J connectivity index is 2.16. The third-order valence-corrected chi connectivity index (χ3v) is 3.94. The van der Waals surface area contributed by atoms with E-state index < -0.39 is 0 Å². The lowest BCUT2D eigenvalue weighted by atomic mass is 10.1. The molecular weight excluding hydrogens is 248 g/mol. The Morgan fingerprint density at radius 1 is 1.50 bits per heavy atom. The summed E-state index contributed by atoms with van der Waals surface area (Å²) in [6.07, 6.45) is 2.96. The molecule has 1 aliphatic rings. The van der Waals surface area contributed by atoms with E-state index in [1.54, 1.807) is 0 Å². The van der Waals surface area contributed by atoms with Gasteiger partial charge in [0.1, 0.15) is 5.82 Å². The maximum atomic E-state index is 6.30. The molecule has 0 radical (unpaired) electrons. The molecule has 1 atom stereocenters. The van der Waals surface area contributed by atoms with Crippen molar-refractivity contribution in [2.45, 2.75) is 25.9 Å². The summed E-state index contributed by atoms with van der Waals surface area (Å²) in [5, 5.41) is 0.706. The van der Waals surface area contributed by atoms with Gasteiger partial charge in [-0.1, -0.05) is 18.5 Å². The van der Waals surface area contributed by atoms with Gasteiger partial charge in [-0.2, -0.15) is 0 Å². The van der Waals surface area contributed by atoms with E-state index in [1.807, 2.05) is 12.3 Å². The molecule has 1 fully saturated rings. The summed E-state index contributed by atoms with van der Waals surface area (Å²) in [6.45, 7) is 5.71. The van der Waals surface area contributed by atoms with Gasteiger partial charge in [0, 0.05) is 38.4 Å². The van der Waals surface area contributed by atoms with Crippen molar-refractivity contribution in [1.82, 2.24) is 9.88 Å². The molecule has 0 amide bonds. The fraction of sp³-hybridized carbons (Fsp3) is 0.615. The Hall–Kier alpha value is -0.840. The Bertz CT molecular complexity index is 410. The minimum absolute atomic E-state index is 0.479. The van der Waals surface area contributed by atoms with Gasteiger partial charge in [-0.15, -0.1) is 0 Å². The minimum Gasteiger partial charge on any atom is -0.353 e. The van der Waals surface area contributed by atoms with E-state index in [9.17, 15) is 0 Å². The molecule has 4 nitrogen and oxygen atoms in total. The molecule has 2 N–H and O–H groups in total. The molecule has 100 valence electrons. The van der Waals surface area contributed by atoms with Gasteiger partial charge in [-0.25, -0.2) is 4.98 Å². The zero-order valence-corrected chi connectivity index (χ0v) is 11.8. The van der Waals surface area contributed by atoms with E-state index >= 15 is 0 Å². The molecule has 2 rings (SSSR count). The zero-order valence-electron chi connectivity index (χ0n) is 11.1. The van der Waals surface area contributed by atoms with Crippen molar-refractivity contribution in [3.05, 3.63) is 22.8 Å². The van der Waals surface area contributed by atoms with Crippen molar-refractivity contribution in [3.8, 4) is 0 Å². The topological polar surface area (TPSA) is 45.4 Å². The van der Waals surface area contributed by atoms with Crippen LogP contribution >= 0.6 is 11.6 Å². The number of hydrogen-bond donors (Lipinski definition) is 1. The van der Waals surface area contributed by atoms with Gasteiger partial charge in [-0.05, 0) is 25.1 Å². The molecule has 1 aromatic rings. The molecular formula is C13H21ClN4. The maximum absolute atomic E-state index is 6.30. The van der Waals surface area contributed by atoms with Crippen LogP contribution in [0.15, 0.2) is 12.3 Å². The Kier molecular flexibility index (Phi) is 4.43. The van der Waals surface area contributed by atoms with Crippen molar-refractivity contribution in [2.75, 3.05) is 31.6 Å². The van der Waals surface area contributed by atoms with Crippen LogP contribution in [0.5, 0.6) is 0 Å². The molecule has 1 saturated heterocycles. The van der Waals surface area contributed by atoms with Crippen LogP contribution in [-0.2, 0) is 6.54 Å². The summed E-state index contributed by atoms with van der Waals surface area (Å²) < 4.78 is 0. The zero-order chi connectivity index (χ0) is 13.1. The number of anilines is 1. The van der Waals surface area contributed by atoms with Crippen LogP contribution in [0.1, 0.15) is 18.9 Å². The summed E-state index contributed by atoms with van der Waals surface area (Å²) in [5.74, 6) is 0.889. The number of nitrogens with zero attached hydrogens (tertiary/aromatic N) is 3. The van der Waals surface area contributed by atoms with Gasteiger partial charge < -0.3 is 10.6 Å². The minimum atomic E-state index is 0.479. The maximum Gasteiger partial charge on any atom is 0.147 e. The summed E-state index contributed by atoms with van der Waals surface area (Å²) in [5.41, 5.74) is 6.57. The van der Waals surface area contributed by atoms with Crippen molar-refractivity contribution in [1.29, 1.82) is 0 Å². The summed E-state index contributed by atoms with van der Waals surface area (Å²) in [7, 11) is 2.18. The summed E-state index contributed by atoms with van der Waals surface area (Å²) >= 11 is 6.30. The smallest absolute Gasteiger partial charge is 0.147 e. The van der Waals surface area contributed by atoms with E-state index in [0.717, 1.165) is 37.4 Å². The normalized spacial score (nSPS) is 21.3. The molecule has 0 aliphatic carbocycles. The third kappa shape index (κ3) is 2.76. The summed E-state index contributed by atoms with van der Waals surface area (Å²) in [6, 6.07) is 2.49.